The van der Waals surface area contributed by atoms with Gasteiger partial charge in [0.2, 0.25) is 0 Å². The molecular formula is C14H16N4O. The van der Waals surface area contributed by atoms with Crippen LogP contribution in [0.1, 0.15) is 15.9 Å². The van der Waals surface area contributed by atoms with E-state index in [4.69, 9.17) is 11.5 Å². The van der Waals surface area contributed by atoms with E-state index in [0.29, 0.717) is 11.3 Å². The van der Waals surface area contributed by atoms with Gasteiger partial charge < -0.3 is 16.4 Å². The summed E-state index contributed by atoms with van der Waals surface area (Å²) in [5, 5.41) is 0. The van der Waals surface area contributed by atoms with Crippen molar-refractivity contribution in [2.45, 2.75) is 6.92 Å². The summed E-state index contributed by atoms with van der Waals surface area (Å²) in [4.78, 5) is 17.4. The minimum atomic E-state index is -0.524. The normalized spacial score (nSPS) is 10.2. The van der Waals surface area contributed by atoms with Gasteiger partial charge >= 0.3 is 0 Å². The van der Waals surface area contributed by atoms with E-state index >= 15 is 0 Å². The van der Waals surface area contributed by atoms with Crippen LogP contribution in [0.4, 0.5) is 17.2 Å². The Hall–Kier alpha value is -2.56. The molecule has 0 aliphatic carbocycles. The number of anilines is 3. The highest BCUT2D eigenvalue weighted by Crippen LogP contribution is 2.27. The standard InChI is InChI=1S/C14H16N4O/c1-9-4-3-5-10(6-9)18(2)12-8-17-13(15)7-11(12)14(16)19/h3-8H,1-2H3,(H2,15,17)(H2,16,19). The van der Waals surface area contributed by atoms with Gasteiger partial charge in [-0.05, 0) is 30.7 Å². The Morgan fingerprint density at radius 3 is 2.68 bits per heavy atom. The summed E-state index contributed by atoms with van der Waals surface area (Å²) in [7, 11) is 1.86. The van der Waals surface area contributed by atoms with Gasteiger partial charge in [-0.15, -0.1) is 0 Å². The molecule has 19 heavy (non-hydrogen) atoms. The van der Waals surface area contributed by atoms with E-state index in [2.05, 4.69) is 4.98 Å². The smallest absolute Gasteiger partial charge is 0.251 e. The van der Waals surface area contributed by atoms with Crippen molar-refractivity contribution in [3.63, 3.8) is 0 Å². The molecule has 4 N–H and O–H groups in total. The maximum atomic E-state index is 11.5. The maximum Gasteiger partial charge on any atom is 0.251 e. The number of aryl methyl sites for hydroxylation is 1. The van der Waals surface area contributed by atoms with Crippen LogP contribution >= 0.6 is 0 Å². The van der Waals surface area contributed by atoms with Gasteiger partial charge in [0.15, 0.2) is 0 Å². The van der Waals surface area contributed by atoms with E-state index in [1.54, 1.807) is 6.20 Å². The number of pyridine rings is 1. The average Bonchev–Trinajstić information content (AvgIpc) is 2.37. The van der Waals surface area contributed by atoms with E-state index in [1.807, 2.05) is 43.1 Å². The SMILES string of the molecule is Cc1cccc(N(C)c2cnc(N)cc2C(N)=O)c1. The number of amides is 1. The summed E-state index contributed by atoms with van der Waals surface area (Å²) in [6.07, 6.45) is 1.55. The number of carbonyl (C=O) groups excluding carboxylic acids is 1. The van der Waals surface area contributed by atoms with Crippen molar-refractivity contribution < 1.29 is 4.79 Å². The number of hydrogen-bond donors (Lipinski definition) is 2. The molecule has 5 nitrogen and oxygen atoms in total. The molecule has 0 atom stereocenters. The average molecular weight is 256 g/mol. The lowest BCUT2D eigenvalue weighted by atomic mass is 10.1. The van der Waals surface area contributed by atoms with Crippen molar-refractivity contribution in [1.82, 2.24) is 4.98 Å². The Balaban J connectivity index is 2.49. The van der Waals surface area contributed by atoms with Crippen LogP contribution in [0.5, 0.6) is 0 Å². The molecule has 0 aliphatic heterocycles. The fourth-order valence-corrected chi connectivity index (χ4v) is 1.90. The first kappa shape index (κ1) is 12.9. The van der Waals surface area contributed by atoms with E-state index < -0.39 is 5.91 Å². The number of hydrogen-bond acceptors (Lipinski definition) is 4. The summed E-state index contributed by atoms with van der Waals surface area (Å²) in [5.74, 6) is -0.251. The number of rotatable bonds is 3. The van der Waals surface area contributed by atoms with Crippen LogP contribution in [0.25, 0.3) is 0 Å². The predicted molar refractivity (Wildman–Crippen MR) is 76.4 cm³/mol. The van der Waals surface area contributed by atoms with Gasteiger partial charge in [-0.3, -0.25) is 4.79 Å². The minimum Gasteiger partial charge on any atom is -0.384 e. The fourth-order valence-electron chi connectivity index (χ4n) is 1.90. The van der Waals surface area contributed by atoms with Gasteiger partial charge in [0, 0.05) is 12.7 Å². The first-order chi connectivity index (χ1) is 8.99. The Bertz CT molecular complexity index is 625. The molecular weight excluding hydrogens is 240 g/mol. The molecule has 0 unspecified atom stereocenters. The second kappa shape index (κ2) is 4.97. The zero-order chi connectivity index (χ0) is 14.0. The molecule has 0 spiro atoms. The zero-order valence-electron chi connectivity index (χ0n) is 10.9. The molecule has 1 heterocycles. The third-order valence-corrected chi connectivity index (χ3v) is 2.92. The van der Waals surface area contributed by atoms with Crippen LogP contribution in [0, 0.1) is 6.92 Å². The van der Waals surface area contributed by atoms with Gasteiger partial charge in [-0.1, -0.05) is 12.1 Å². The Labute approximate surface area is 111 Å². The molecule has 1 aromatic heterocycles. The molecule has 0 saturated heterocycles. The largest absolute Gasteiger partial charge is 0.384 e. The van der Waals surface area contributed by atoms with E-state index in [0.717, 1.165) is 11.3 Å². The second-order valence-corrected chi connectivity index (χ2v) is 4.39. The lowest BCUT2D eigenvalue weighted by Gasteiger charge is -2.21. The number of carbonyl (C=O) groups is 1. The number of primary amides is 1. The molecule has 1 amide bonds. The molecule has 0 radical (unpaired) electrons. The summed E-state index contributed by atoms with van der Waals surface area (Å²) in [6, 6.07) is 9.42. The van der Waals surface area contributed by atoms with Gasteiger partial charge in [0.05, 0.1) is 17.4 Å². The number of nitrogens with two attached hydrogens (primary N) is 2. The monoisotopic (exact) mass is 256 g/mol. The maximum absolute atomic E-state index is 11.5. The van der Waals surface area contributed by atoms with E-state index in [-0.39, 0.29) is 5.82 Å². The summed E-state index contributed by atoms with van der Waals surface area (Å²) < 4.78 is 0. The van der Waals surface area contributed by atoms with Gasteiger partial charge in [-0.25, -0.2) is 4.98 Å². The summed E-state index contributed by atoms with van der Waals surface area (Å²) in [5.41, 5.74) is 14.0. The molecule has 0 fully saturated rings. The van der Waals surface area contributed by atoms with Crippen molar-refractivity contribution in [3.8, 4) is 0 Å². The molecule has 0 aliphatic rings. The molecule has 0 bridgehead atoms. The first-order valence-corrected chi connectivity index (χ1v) is 5.85. The zero-order valence-corrected chi connectivity index (χ0v) is 10.9. The lowest BCUT2D eigenvalue weighted by Crippen LogP contribution is -2.19. The Kier molecular flexibility index (Phi) is 3.37. The van der Waals surface area contributed by atoms with Crippen molar-refractivity contribution in [2.24, 2.45) is 5.73 Å². The van der Waals surface area contributed by atoms with Gasteiger partial charge in [-0.2, -0.15) is 0 Å². The number of benzene rings is 1. The highest BCUT2D eigenvalue weighted by molar-refractivity contribution is 6.00. The van der Waals surface area contributed by atoms with Gasteiger partial charge in [0.25, 0.3) is 5.91 Å². The van der Waals surface area contributed by atoms with Crippen LogP contribution in [0.15, 0.2) is 36.5 Å². The van der Waals surface area contributed by atoms with Crippen molar-refractivity contribution in [2.75, 3.05) is 17.7 Å². The number of aromatic nitrogens is 1. The third-order valence-electron chi connectivity index (χ3n) is 2.92. The molecule has 0 saturated carbocycles. The molecule has 98 valence electrons. The highest BCUT2D eigenvalue weighted by atomic mass is 16.1. The Morgan fingerprint density at radius 1 is 1.32 bits per heavy atom. The van der Waals surface area contributed by atoms with Gasteiger partial charge in [0.1, 0.15) is 5.82 Å². The second-order valence-electron chi connectivity index (χ2n) is 4.39. The van der Waals surface area contributed by atoms with Crippen LogP contribution in [-0.4, -0.2) is 17.9 Å². The molecule has 5 heteroatoms. The highest BCUT2D eigenvalue weighted by Gasteiger charge is 2.14. The predicted octanol–water partition coefficient (Wildman–Crippen LogP) is 1.84. The Morgan fingerprint density at radius 2 is 2.05 bits per heavy atom. The van der Waals surface area contributed by atoms with Crippen molar-refractivity contribution >= 4 is 23.1 Å². The van der Waals surface area contributed by atoms with E-state index in [9.17, 15) is 4.79 Å². The number of nitrogens with zero attached hydrogens (tertiary/aromatic N) is 2. The summed E-state index contributed by atoms with van der Waals surface area (Å²) >= 11 is 0. The lowest BCUT2D eigenvalue weighted by molar-refractivity contribution is 0.100. The van der Waals surface area contributed by atoms with Crippen LogP contribution in [-0.2, 0) is 0 Å². The third kappa shape index (κ3) is 2.65. The van der Waals surface area contributed by atoms with E-state index in [1.165, 1.54) is 6.07 Å². The topological polar surface area (TPSA) is 85.2 Å². The fraction of sp³-hybridized carbons (Fsp3) is 0.143. The first-order valence-electron chi connectivity index (χ1n) is 5.85. The van der Waals surface area contributed by atoms with Crippen LogP contribution in [0.3, 0.4) is 0 Å². The van der Waals surface area contributed by atoms with Crippen molar-refractivity contribution in [3.05, 3.63) is 47.7 Å². The summed E-state index contributed by atoms with van der Waals surface area (Å²) in [6.45, 7) is 2.01. The molecule has 2 rings (SSSR count). The quantitative estimate of drug-likeness (QED) is 0.877. The van der Waals surface area contributed by atoms with Crippen LogP contribution in [0.2, 0.25) is 0 Å². The molecule has 1 aromatic carbocycles. The minimum absolute atomic E-state index is 0.273. The number of nitrogen functional groups attached to an aromatic ring is 1. The molecule has 2 aromatic rings. The van der Waals surface area contributed by atoms with Crippen LogP contribution < -0.4 is 16.4 Å². The van der Waals surface area contributed by atoms with Crippen molar-refractivity contribution in [1.29, 1.82) is 0 Å².